The molecule has 0 fully saturated rings. The Bertz CT molecular complexity index is 495. The number of benzene rings is 1. The molecule has 96 valence electrons. The van der Waals surface area contributed by atoms with Gasteiger partial charge in [0.1, 0.15) is 0 Å². The second-order valence-corrected chi connectivity index (χ2v) is 5.08. The minimum atomic E-state index is -0.667. The Kier molecular flexibility index (Phi) is 4.33. The van der Waals surface area contributed by atoms with Gasteiger partial charge in [0, 0.05) is 11.3 Å². The van der Waals surface area contributed by atoms with Crippen LogP contribution in [0.25, 0.3) is 0 Å². The highest BCUT2D eigenvalue weighted by Gasteiger charge is 2.08. The maximum atomic E-state index is 13.6. The first-order valence-electron chi connectivity index (χ1n) is 5.79. The maximum Gasteiger partial charge on any atom is 0.165 e. The molecular formula is C14H15FO2S. The van der Waals surface area contributed by atoms with Gasteiger partial charge in [-0.15, -0.1) is 11.3 Å². The van der Waals surface area contributed by atoms with Gasteiger partial charge in [0.2, 0.25) is 0 Å². The lowest BCUT2D eigenvalue weighted by Crippen LogP contribution is -2.02. The Labute approximate surface area is 110 Å². The summed E-state index contributed by atoms with van der Waals surface area (Å²) in [6.45, 7) is 2.05. The van der Waals surface area contributed by atoms with Crippen LogP contribution in [0.15, 0.2) is 35.7 Å². The second-order valence-electron chi connectivity index (χ2n) is 4.04. The molecule has 0 aliphatic carbocycles. The van der Waals surface area contributed by atoms with Crippen molar-refractivity contribution >= 4 is 11.3 Å². The average molecular weight is 266 g/mol. The average Bonchev–Trinajstić information content (AvgIpc) is 2.84. The molecule has 2 aromatic rings. The minimum absolute atomic E-state index is 0.232. The lowest BCUT2D eigenvalue weighted by molar-refractivity contribution is 0.198. The van der Waals surface area contributed by atoms with Gasteiger partial charge in [0.25, 0.3) is 0 Å². The van der Waals surface area contributed by atoms with Gasteiger partial charge in [0.15, 0.2) is 11.6 Å². The zero-order chi connectivity index (χ0) is 13.0. The standard InChI is InChI=1S/C14H15FO2S/c1-10(16)11-4-5-14(13(15)9-11)17-7-6-12-3-2-8-18-12/h2-5,8-10,16H,6-7H2,1H3. The van der Waals surface area contributed by atoms with Crippen LogP contribution in [0.1, 0.15) is 23.5 Å². The van der Waals surface area contributed by atoms with Crippen LogP contribution in [0.3, 0.4) is 0 Å². The SMILES string of the molecule is CC(O)c1ccc(OCCc2cccs2)c(F)c1. The van der Waals surface area contributed by atoms with Gasteiger partial charge in [-0.2, -0.15) is 0 Å². The molecule has 1 aromatic carbocycles. The fourth-order valence-electron chi connectivity index (χ4n) is 1.61. The van der Waals surface area contributed by atoms with Crippen molar-refractivity contribution in [1.82, 2.24) is 0 Å². The number of hydrogen-bond acceptors (Lipinski definition) is 3. The number of thiophene rings is 1. The van der Waals surface area contributed by atoms with Gasteiger partial charge in [-0.3, -0.25) is 0 Å². The Morgan fingerprint density at radius 3 is 2.83 bits per heavy atom. The van der Waals surface area contributed by atoms with E-state index in [1.807, 2.05) is 17.5 Å². The van der Waals surface area contributed by atoms with Crippen LogP contribution < -0.4 is 4.74 Å². The molecule has 0 bridgehead atoms. The molecule has 4 heteroatoms. The number of aliphatic hydroxyl groups is 1. The summed E-state index contributed by atoms with van der Waals surface area (Å²) in [6, 6.07) is 8.56. The summed E-state index contributed by atoms with van der Waals surface area (Å²) in [6.07, 6.45) is 0.106. The lowest BCUT2D eigenvalue weighted by Gasteiger charge is -2.09. The molecule has 2 rings (SSSR count). The van der Waals surface area contributed by atoms with Gasteiger partial charge in [-0.25, -0.2) is 4.39 Å². The number of hydrogen-bond donors (Lipinski definition) is 1. The summed E-state index contributed by atoms with van der Waals surface area (Å²) in [5.74, 6) is -0.199. The Hall–Kier alpha value is -1.39. The van der Waals surface area contributed by atoms with Crippen LogP contribution >= 0.6 is 11.3 Å². The Morgan fingerprint density at radius 2 is 2.22 bits per heavy atom. The molecule has 0 radical (unpaired) electrons. The van der Waals surface area contributed by atoms with Crippen molar-refractivity contribution in [1.29, 1.82) is 0 Å². The number of ether oxygens (including phenoxy) is 1. The molecule has 1 aromatic heterocycles. The molecule has 0 amide bonds. The van der Waals surface area contributed by atoms with Gasteiger partial charge in [-0.1, -0.05) is 12.1 Å². The number of rotatable bonds is 5. The van der Waals surface area contributed by atoms with Crippen molar-refractivity contribution in [3.05, 3.63) is 52.0 Å². The molecule has 18 heavy (non-hydrogen) atoms. The second kappa shape index (κ2) is 5.98. The summed E-state index contributed by atoms with van der Waals surface area (Å²) in [7, 11) is 0. The quantitative estimate of drug-likeness (QED) is 0.896. The first-order chi connectivity index (χ1) is 8.66. The van der Waals surface area contributed by atoms with Crippen molar-refractivity contribution in [2.24, 2.45) is 0 Å². The Morgan fingerprint density at radius 1 is 1.39 bits per heavy atom. The van der Waals surface area contributed by atoms with E-state index in [-0.39, 0.29) is 5.75 Å². The number of halogens is 1. The van der Waals surface area contributed by atoms with E-state index in [4.69, 9.17) is 4.74 Å². The van der Waals surface area contributed by atoms with Crippen LogP contribution in [-0.2, 0) is 6.42 Å². The van der Waals surface area contributed by atoms with E-state index in [9.17, 15) is 9.50 Å². The summed E-state index contributed by atoms with van der Waals surface area (Å²) >= 11 is 1.66. The monoisotopic (exact) mass is 266 g/mol. The molecule has 1 heterocycles. The first-order valence-corrected chi connectivity index (χ1v) is 6.67. The highest BCUT2D eigenvalue weighted by atomic mass is 32.1. The predicted octanol–water partition coefficient (Wildman–Crippen LogP) is 3.56. The van der Waals surface area contributed by atoms with Crippen molar-refractivity contribution < 1.29 is 14.2 Å². The van der Waals surface area contributed by atoms with Crippen molar-refractivity contribution in [2.75, 3.05) is 6.61 Å². The van der Waals surface area contributed by atoms with Gasteiger partial charge in [-0.05, 0) is 36.1 Å². The molecule has 1 unspecified atom stereocenters. The van der Waals surface area contributed by atoms with E-state index >= 15 is 0 Å². The van der Waals surface area contributed by atoms with Crippen molar-refractivity contribution in [3.8, 4) is 5.75 Å². The third-order valence-electron chi connectivity index (χ3n) is 2.62. The summed E-state index contributed by atoms with van der Waals surface area (Å²) in [4.78, 5) is 1.22. The van der Waals surface area contributed by atoms with Crippen molar-refractivity contribution in [2.45, 2.75) is 19.4 Å². The maximum absolute atomic E-state index is 13.6. The molecule has 1 N–H and O–H groups in total. The van der Waals surface area contributed by atoms with E-state index in [1.165, 1.54) is 10.9 Å². The zero-order valence-electron chi connectivity index (χ0n) is 10.1. The van der Waals surface area contributed by atoms with Crippen LogP contribution in [-0.4, -0.2) is 11.7 Å². The molecule has 0 aliphatic heterocycles. The molecule has 0 aliphatic rings. The predicted molar refractivity (Wildman–Crippen MR) is 70.6 cm³/mol. The van der Waals surface area contributed by atoms with E-state index in [1.54, 1.807) is 30.4 Å². The van der Waals surface area contributed by atoms with Crippen LogP contribution in [0.4, 0.5) is 4.39 Å². The smallest absolute Gasteiger partial charge is 0.165 e. The fraction of sp³-hybridized carbons (Fsp3) is 0.286. The highest BCUT2D eigenvalue weighted by Crippen LogP contribution is 2.22. The molecule has 0 spiro atoms. The normalized spacial score (nSPS) is 12.4. The third-order valence-corrected chi connectivity index (χ3v) is 3.56. The zero-order valence-corrected chi connectivity index (χ0v) is 10.9. The summed E-state index contributed by atoms with van der Waals surface area (Å²) in [5.41, 5.74) is 0.554. The molecule has 0 saturated carbocycles. The fourth-order valence-corrected chi connectivity index (χ4v) is 2.30. The highest BCUT2D eigenvalue weighted by molar-refractivity contribution is 7.09. The van der Waals surface area contributed by atoms with E-state index in [0.29, 0.717) is 12.2 Å². The van der Waals surface area contributed by atoms with Crippen molar-refractivity contribution in [3.63, 3.8) is 0 Å². The summed E-state index contributed by atoms with van der Waals surface area (Å²) < 4.78 is 19.0. The molecule has 0 saturated heterocycles. The molecule has 1 atom stereocenters. The first kappa shape index (κ1) is 13.1. The van der Waals surface area contributed by atoms with Gasteiger partial charge >= 0.3 is 0 Å². The van der Waals surface area contributed by atoms with Crippen LogP contribution in [0.5, 0.6) is 5.75 Å². The third kappa shape index (κ3) is 3.31. The van der Waals surface area contributed by atoms with Crippen LogP contribution in [0, 0.1) is 5.82 Å². The van der Waals surface area contributed by atoms with Crippen LogP contribution in [0.2, 0.25) is 0 Å². The topological polar surface area (TPSA) is 29.5 Å². The van der Waals surface area contributed by atoms with E-state index in [0.717, 1.165) is 6.42 Å². The number of aliphatic hydroxyl groups excluding tert-OH is 1. The minimum Gasteiger partial charge on any atom is -0.490 e. The molecule has 2 nitrogen and oxygen atoms in total. The lowest BCUT2D eigenvalue weighted by atomic mass is 10.1. The van der Waals surface area contributed by atoms with E-state index < -0.39 is 11.9 Å². The largest absolute Gasteiger partial charge is 0.490 e. The Balaban J connectivity index is 1.93. The summed E-state index contributed by atoms with van der Waals surface area (Å²) in [5, 5.41) is 11.3. The van der Waals surface area contributed by atoms with Gasteiger partial charge in [0.05, 0.1) is 12.7 Å². The van der Waals surface area contributed by atoms with Gasteiger partial charge < -0.3 is 9.84 Å². The van der Waals surface area contributed by atoms with E-state index in [2.05, 4.69) is 0 Å². The molecular weight excluding hydrogens is 251 g/mol.